The highest BCUT2D eigenvalue weighted by atomic mass is 31.1. The van der Waals surface area contributed by atoms with E-state index >= 15 is 0 Å². The van der Waals surface area contributed by atoms with E-state index in [0.29, 0.717) is 11.1 Å². The molecule has 0 aliphatic heterocycles. The van der Waals surface area contributed by atoms with Crippen molar-refractivity contribution in [3.05, 3.63) is 35.6 Å². The zero-order valence-corrected chi connectivity index (χ0v) is 10.1. The van der Waals surface area contributed by atoms with Crippen LogP contribution in [-0.4, -0.2) is 17.3 Å². The minimum Gasteiger partial charge on any atom is -0.464 e. The van der Waals surface area contributed by atoms with Crippen molar-refractivity contribution in [2.75, 3.05) is 6.61 Å². The van der Waals surface area contributed by atoms with E-state index < -0.39 is 14.9 Å². The van der Waals surface area contributed by atoms with Crippen LogP contribution in [0.3, 0.4) is 0 Å². The quantitative estimate of drug-likeness (QED) is 0.669. The van der Waals surface area contributed by atoms with Gasteiger partial charge < -0.3 is 13.8 Å². The van der Waals surface area contributed by atoms with Crippen LogP contribution in [0, 0.1) is 6.92 Å². The van der Waals surface area contributed by atoms with E-state index in [-0.39, 0.29) is 5.78 Å². The zero-order chi connectivity index (χ0) is 12.4. The summed E-state index contributed by atoms with van der Waals surface area (Å²) in [5, 5.41) is 0.854. The lowest BCUT2D eigenvalue weighted by Gasteiger charge is -2.00. The van der Waals surface area contributed by atoms with Gasteiger partial charge in [-0.3, -0.25) is 9.36 Å². The third-order valence-corrected chi connectivity index (χ3v) is 2.81. The Morgan fingerprint density at radius 3 is 3.00 bits per heavy atom. The molecule has 5 nitrogen and oxygen atoms in total. The fourth-order valence-electron chi connectivity index (χ4n) is 1.54. The summed E-state index contributed by atoms with van der Waals surface area (Å²) in [6, 6.07) is 4.98. The molecular formula is C11H11O5P. The molecule has 17 heavy (non-hydrogen) atoms. The topological polar surface area (TPSA) is 76.7 Å². The Morgan fingerprint density at radius 2 is 2.29 bits per heavy atom. The Labute approximate surface area is 97.9 Å². The van der Waals surface area contributed by atoms with Crippen molar-refractivity contribution in [1.29, 1.82) is 0 Å². The number of carbonyl (C=O) groups is 1. The molecule has 1 aromatic heterocycles. The zero-order valence-electron chi connectivity index (χ0n) is 9.10. The van der Waals surface area contributed by atoms with Crippen LogP contribution in [0.4, 0.5) is 0 Å². The first-order valence-corrected chi connectivity index (χ1v) is 6.21. The Hall–Kier alpha value is -1.42. The molecule has 0 aliphatic carbocycles. The number of hydrogen-bond donors (Lipinski definition) is 1. The van der Waals surface area contributed by atoms with Crippen molar-refractivity contribution in [2.45, 2.75) is 6.92 Å². The van der Waals surface area contributed by atoms with E-state index in [1.807, 2.05) is 6.92 Å². The SMILES string of the molecule is Cc1coc2ccc(C(=O)CO[PH](=O)O)cc12. The normalized spacial score (nSPS) is 12.8. The lowest BCUT2D eigenvalue weighted by molar-refractivity contribution is 0.0917. The molecular weight excluding hydrogens is 243 g/mol. The molecule has 0 spiro atoms. The maximum atomic E-state index is 11.6. The average molecular weight is 254 g/mol. The number of furan rings is 1. The first-order valence-electron chi connectivity index (χ1n) is 4.94. The molecule has 6 heteroatoms. The van der Waals surface area contributed by atoms with Gasteiger partial charge in [0.25, 0.3) is 0 Å². The molecule has 1 unspecified atom stereocenters. The maximum Gasteiger partial charge on any atom is 0.317 e. The largest absolute Gasteiger partial charge is 0.464 e. The lowest BCUT2D eigenvalue weighted by atomic mass is 10.1. The standard InChI is InChI=1S/C11H11O5P/c1-7-5-15-11-3-2-8(4-9(7)11)10(12)6-16-17(13)14/h2-5,17H,6H2,1H3,(H,13,14). The van der Waals surface area contributed by atoms with Crippen molar-refractivity contribution >= 4 is 25.0 Å². The van der Waals surface area contributed by atoms with Gasteiger partial charge in [0.2, 0.25) is 0 Å². The molecule has 0 saturated heterocycles. The molecule has 0 bridgehead atoms. The van der Waals surface area contributed by atoms with E-state index in [9.17, 15) is 9.36 Å². The molecule has 2 rings (SSSR count). The fraction of sp³-hybridized carbons (Fsp3) is 0.182. The number of ketones is 1. The van der Waals surface area contributed by atoms with Gasteiger partial charge in [-0.15, -0.1) is 0 Å². The first-order chi connectivity index (χ1) is 8.08. The predicted octanol–water partition coefficient (Wildman–Crippen LogP) is 2.32. The van der Waals surface area contributed by atoms with Crippen LogP contribution in [-0.2, 0) is 9.09 Å². The molecule has 1 atom stereocenters. The maximum absolute atomic E-state index is 11.6. The molecule has 1 aromatic carbocycles. The van der Waals surface area contributed by atoms with Crippen molar-refractivity contribution in [1.82, 2.24) is 0 Å². The number of fused-ring (bicyclic) bond motifs is 1. The van der Waals surface area contributed by atoms with Crippen LogP contribution in [0.5, 0.6) is 0 Å². The van der Waals surface area contributed by atoms with Crippen molar-refractivity contribution in [3.8, 4) is 0 Å². The number of hydrogen-bond acceptors (Lipinski definition) is 4. The van der Waals surface area contributed by atoms with Gasteiger partial charge in [0.05, 0.1) is 6.26 Å². The van der Waals surface area contributed by atoms with Crippen LogP contribution >= 0.6 is 8.25 Å². The van der Waals surface area contributed by atoms with Gasteiger partial charge in [0.1, 0.15) is 12.2 Å². The van der Waals surface area contributed by atoms with E-state index in [1.54, 1.807) is 24.5 Å². The molecule has 0 radical (unpaired) electrons. The van der Waals surface area contributed by atoms with Crippen LogP contribution < -0.4 is 0 Å². The summed E-state index contributed by atoms with van der Waals surface area (Å²) in [6.45, 7) is 1.49. The lowest BCUT2D eigenvalue weighted by Crippen LogP contribution is -2.05. The number of rotatable bonds is 4. The van der Waals surface area contributed by atoms with Gasteiger partial charge in [-0.2, -0.15) is 0 Å². The Balaban J connectivity index is 2.26. The molecule has 0 fully saturated rings. The second kappa shape index (κ2) is 4.84. The van der Waals surface area contributed by atoms with Crippen molar-refractivity contribution < 1.29 is 23.2 Å². The molecule has 2 aromatic rings. The Bertz CT molecular complexity index is 587. The number of Topliss-reactive ketones (excluding diaryl/α,β-unsaturated/α-hetero) is 1. The van der Waals surface area contributed by atoms with Crippen LogP contribution in [0.2, 0.25) is 0 Å². The molecule has 1 heterocycles. The number of carbonyl (C=O) groups excluding carboxylic acids is 1. The third-order valence-electron chi connectivity index (χ3n) is 2.42. The van der Waals surface area contributed by atoms with E-state index in [4.69, 9.17) is 9.31 Å². The predicted molar refractivity (Wildman–Crippen MR) is 62.5 cm³/mol. The summed E-state index contributed by atoms with van der Waals surface area (Å²) in [5.41, 5.74) is 2.08. The molecule has 90 valence electrons. The highest BCUT2D eigenvalue weighted by molar-refractivity contribution is 7.32. The smallest absolute Gasteiger partial charge is 0.317 e. The monoisotopic (exact) mass is 254 g/mol. The van der Waals surface area contributed by atoms with Crippen LogP contribution in [0.1, 0.15) is 15.9 Å². The molecule has 0 aliphatic rings. The molecule has 0 amide bonds. The van der Waals surface area contributed by atoms with Gasteiger partial charge >= 0.3 is 8.25 Å². The molecule has 0 saturated carbocycles. The minimum atomic E-state index is -3.07. The summed E-state index contributed by atoms with van der Waals surface area (Å²) >= 11 is 0. The minimum absolute atomic E-state index is 0.333. The number of aryl methyl sites for hydroxylation is 1. The van der Waals surface area contributed by atoms with Crippen LogP contribution in [0.25, 0.3) is 11.0 Å². The highest BCUT2D eigenvalue weighted by Crippen LogP contribution is 2.22. The van der Waals surface area contributed by atoms with Gasteiger partial charge in [-0.05, 0) is 30.7 Å². The summed E-state index contributed by atoms with van der Waals surface area (Å²) in [6.07, 6.45) is 1.61. The highest BCUT2D eigenvalue weighted by Gasteiger charge is 2.10. The average Bonchev–Trinajstić information content (AvgIpc) is 2.67. The van der Waals surface area contributed by atoms with Gasteiger partial charge in [0.15, 0.2) is 5.78 Å². The summed E-state index contributed by atoms with van der Waals surface area (Å²) in [5.74, 6) is -0.333. The van der Waals surface area contributed by atoms with Gasteiger partial charge in [-0.25, -0.2) is 0 Å². The third kappa shape index (κ3) is 2.64. The van der Waals surface area contributed by atoms with E-state index in [0.717, 1.165) is 10.9 Å². The Kier molecular flexibility index (Phi) is 3.43. The van der Waals surface area contributed by atoms with Crippen molar-refractivity contribution in [2.24, 2.45) is 0 Å². The second-order valence-corrected chi connectivity index (χ2v) is 4.43. The first kappa shape index (κ1) is 12.0. The van der Waals surface area contributed by atoms with Gasteiger partial charge in [0, 0.05) is 10.9 Å². The van der Waals surface area contributed by atoms with Crippen LogP contribution in [0.15, 0.2) is 28.9 Å². The summed E-state index contributed by atoms with van der Waals surface area (Å²) in [7, 11) is -3.07. The second-order valence-electron chi connectivity index (χ2n) is 3.61. The van der Waals surface area contributed by atoms with E-state index in [2.05, 4.69) is 4.52 Å². The molecule has 1 N–H and O–H groups in total. The number of benzene rings is 1. The summed E-state index contributed by atoms with van der Waals surface area (Å²) < 4.78 is 20.0. The Morgan fingerprint density at radius 1 is 1.53 bits per heavy atom. The fourth-order valence-corrected chi connectivity index (χ4v) is 1.79. The van der Waals surface area contributed by atoms with E-state index in [1.165, 1.54) is 0 Å². The summed E-state index contributed by atoms with van der Waals surface area (Å²) in [4.78, 5) is 20.1. The van der Waals surface area contributed by atoms with Crippen molar-refractivity contribution in [3.63, 3.8) is 0 Å². The van der Waals surface area contributed by atoms with Gasteiger partial charge in [-0.1, -0.05) is 0 Å².